The first-order chi connectivity index (χ1) is 8.70. The number of hydrogen-bond donors (Lipinski definition) is 0. The van der Waals surface area contributed by atoms with Gasteiger partial charge in [-0.25, -0.2) is 0 Å². The van der Waals surface area contributed by atoms with Crippen LogP contribution in [0.3, 0.4) is 0 Å². The SMILES string of the molecule is Clc1ccc(Cl)c(CN2CCCCCC2CBr)c1. The molecule has 0 bridgehead atoms. The van der Waals surface area contributed by atoms with Gasteiger partial charge in [0.1, 0.15) is 0 Å². The van der Waals surface area contributed by atoms with Gasteiger partial charge in [-0.15, -0.1) is 0 Å². The van der Waals surface area contributed by atoms with Crippen molar-refractivity contribution in [2.45, 2.75) is 38.3 Å². The van der Waals surface area contributed by atoms with Crippen molar-refractivity contribution in [1.29, 1.82) is 0 Å². The summed E-state index contributed by atoms with van der Waals surface area (Å²) in [4.78, 5) is 2.53. The highest BCUT2D eigenvalue weighted by molar-refractivity contribution is 9.09. The van der Waals surface area contributed by atoms with E-state index in [2.05, 4.69) is 20.8 Å². The van der Waals surface area contributed by atoms with E-state index in [1.807, 2.05) is 18.2 Å². The van der Waals surface area contributed by atoms with Gasteiger partial charge in [-0.05, 0) is 43.1 Å². The van der Waals surface area contributed by atoms with Crippen molar-refractivity contribution >= 4 is 39.1 Å². The summed E-state index contributed by atoms with van der Waals surface area (Å²) in [5, 5.41) is 2.61. The molecule has 1 saturated heterocycles. The maximum absolute atomic E-state index is 6.25. The van der Waals surface area contributed by atoms with Crippen LogP contribution in [0.2, 0.25) is 10.0 Å². The monoisotopic (exact) mass is 349 g/mol. The van der Waals surface area contributed by atoms with E-state index < -0.39 is 0 Å². The molecule has 1 nitrogen and oxygen atoms in total. The zero-order valence-electron chi connectivity index (χ0n) is 10.3. The Labute approximate surface area is 128 Å². The zero-order chi connectivity index (χ0) is 13.0. The largest absolute Gasteiger partial charge is 0.295 e. The van der Waals surface area contributed by atoms with Crippen molar-refractivity contribution in [3.05, 3.63) is 33.8 Å². The fraction of sp³-hybridized carbons (Fsp3) is 0.571. The van der Waals surface area contributed by atoms with Gasteiger partial charge in [0.15, 0.2) is 0 Å². The van der Waals surface area contributed by atoms with Crippen molar-refractivity contribution < 1.29 is 0 Å². The fourth-order valence-corrected chi connectivity index (χ4v) is 3.61. The highest BCUT2D eigenvalue weighted by atomic mass is 79.9. The summed E-state index contributed by atoms with van der Waals surface area (Å²) in [7, 11) is 0. The lowest BCUT2D eigenvalue weighted by Gasteiger charge is -2.28. The summed E-state index contributed by atoms with van der Waals surface area (Å²) in [6.45, 7) is 2.05. The van der Waals surface area contributed by atoms with E-state index in [9.17, 15) is 0 Å². The van der Waals surface area contributed by atoms with Gasteiger partial charge < -0.3 is 0 Å². The van der Waals surface area contributed by atoms with E-state index in [0.717, 1.165) is 34.0 Å². The standard InChI is InChI=1S/C14H18BrCl2N/c15-9-13-4-2-1-3-7-18(13)10-11-8-12(16)5-6-14(11)17/h5-6,8,13H,1-4,7,9-10H2. The minimum absolute atomic E-state index is 0.613. The minimum atomic E-state index is 0.613. The molecule has 0 amide bonds. The normalized spacial score (nSPS) is 21.8. The van der Waals surface area contributed by atoms with E-state index in [4.69, 9.17) is 23.2 Å². The Morgan fingerprint density at radius 1 is 1.22 bits per heavy atom. The molecule has 0 saturated carbocycles. The minimum Gasteiger partial charge on any atom is -0.295 e. The Morgan fingerprint density at radius 2 is 2.06 bits per heavy atom. The van der Waals surface area contributed by atoms with Crippen LogP contribution in [0.15, 0.2) is 18.2 Å². The number of rotatable bonds is 3. The van der Waals surface area contributed by atoms with Gasteiger partial charge in [0.05, 0.1) is 0 Å². The van der Waals surface area contributed by atoms with E-state index >= 15 is 0 Å². The van der Waals surface area contributed by atoms with Gasteiger partial charge in [-0.3, -0.25) is 4.90 Å². The third-order valence-corrected chi connectivity index (χ3v) is 4.91. The van der Waals surface area contributed by atoms with Crippen LogP contribution in [0.5, 0.6) is 0 Å². The van der Waals surface area contributed by atoms with Crippen LogP contribution in [-0.2, 0) is 6.54 Å². The number of alkyl halides is 1. The van der Waals surface area contributed by atoms with Gasteiger partial charge >= 0.3 is 0 Å². The quantitative estimate of drug-likeness (QED) is 0.683. The lowest BCUT2D eigenvalue weighted by atomic mass is 10.1. The molecule has 1 aliphatic rings. The first-order valence-corrected chi connectivity index (χ1v) is 8.32. The zero-order valence-corrected chi connectivity index (χ0v) is 13.4. The summed E-state index contributed by atoms with van der Waals surface area (Å²) in [5.74, 6) is 0. The average Bonchev–Trinajstić information content (AvgIpc) is 2.59. The molecular formula is C14H18BrCl2N. The van der Waals surface area contributed by atoms with Crippen molar-refractivity contribution in [2.24, 2.45) is 0 Å². The Hall–Kier alpha value is 0.240. The molecule has 0 radical (unpaired) electrons. The average molecular weight is 351 g/mol. The summed E-state index contributed by atoms with van der Waals surface area (Å²) < 4.78 is 0. The molecule has 1 atom stereocenters. The predicted octanol–water partition coefficient (Wildman–Crippen LogP) is 5.13. The third kappa shape index (κ3) is 3.86. The van der Waals surface area contributed by atoms with Crippen LogP contribution in [0.1, 0.15) is 31.2 Å². The van der Waals surface area contributed by atoms with Gasteiger partial charge in [0, 0.05) is 28.0 Å². The molecule has 4 heteroatoms. The Kier molecular flexibility index (Phi) is 5.81. The molecule has 1 heterocycles. The van der Waals surface area contributed by atoms with Crippen LogP contribution in [-0.4, -0.2) is 22.8 Å². The molecule has 0 spiro atoms. The second-order valence-electron chi connectivity index (χ2n) is 4.86. The number of nitrogens with zero attached hydrogens (tertiary/aromatic N) is 1. The summed E-state index contributed by atoms with van der Waals surface area (Å²) in [5.41, 5.74) is 1.14. The second-order valence-corrected chi connectivity index (χ2v) is 6.35. The fourth-order valence-electron chi connectivity index (χ4n) is 2.50. The van der Waals surface area contributed by atoms with E-state index in [1.54, 1.807) is 0 Å². The summed E-state index contributed by atoms with van der Waals surface area (Å²) in [6.07, 6.45) is 5.21. The molecule has 1 aliphatic heterocycles. The second kappa shape index (κ2) is 7.14. The van der Waals surface area contributed by atoms with Crippen molar-refractivity contribution in [2.75, 3.05) is 11.9 Å². The lowest BCUT2D eigenvalue weighted by Crippen LogP contribution is -2.35. The molecule has 0 aliphatic carbocycles. The van der Waals surface area contributed by atoms with E-state index in [0.29, 0.717) is 6.04 Å². The van der Waals surface area contributed by atoms with Crippen molar-refractivity contribution in [1.82, 2.24) is 4.90 Å². The van der Waals surface area contributed by atoms with Crippen LogP contribution in [0, 0.1) is 0 Å². The highest BCUT2D eigenvalue weighted by Crippen LogP contribution is 2.25. The van der Waals surface area contributed by atoms with Crippen LogP contribution in [0.25, 0.3) is 0 Å². The van der Waals surface area contributed by atoms with Crippen LogP contribution < -0.4 is 0 Å². The molecule has 18 heavy (non-hydrogen) atoms. The molecule has 1 aromatic carbocycles. The van der Waals surface area contributed by atoms with E-state index in [1.165, 1.54) is 25.7 Å². The molecule has 0 aromatic heterocycles. The maximum Gasteiger partial charge on any atom is 0.0452 e. The predicted molar refractivity (Wildman–Crippen MR) is 82.9 cm³/mol. The lowest BCUT2D eigenvalue weighted by molar-refractivity contribution is 0.209. The first-order valence-electron chi connectivity index (χ1n) is 6.44. The topological polar surface area (TPSA) is 3.24 Å². The molecule has 2 rings (SSSR count). The van der Waals surface area contributed by atoms with Crippen molar-refractivity contribution in [3.8, 4) is 0 Å². The summed E-state index contributed by atoms with van der Waals surface area (Å²) in [6, 6.07) is 6.33. The number of halogens is 3. The molecule has 1 aromatic rings. The Bertz CT molecular complexity index is 397. The molecule has 1 fully saturated rings. The number of benzene rings is 1. The van der Waals surface area contributed by atoms with Gasteiger partial charge in [0.2, 0.25) is 0 Å². The summed E-state index contributed by atoms with van der Waals surface area (Å²) >= 11 is 15.9. The van der Waals surface area contributed by atoms with Crippen LogP contribution in [0.4, 0.5) is 0 Å². The number of likely N-dealkylation sites (tertiary alicyclic amines) is 1. The Balaban J connectivity index is 2.12. The van der Waals surface area contributed by atoms with Gasteiger partial charge in [0.25, 0.3) is 0 Å². The molecule has 0 N–H and O–H groups in total. The van der Waals surface area contributed by atoms with Gasteiger partial charge in [-0.2, -0.15) is 0 Å². The third-order valence-electron chi connectivity index (χ3n) is 3.56. The Morgan fingerprint density at radius 3 is 2.83 bits per heavy atom. The van der Waals surface area contributed by atoms with E-state index in [-0.39, 0.29) is 0 Å². The number of hydrogen-bond acceptors (Lipinski definition) is 1. The van der Waals surface area contributed by atoms with Crippen molar-refractivity contribution in [3.63, 3.8) is 0 Å². The molecule has 1 unspecified atom stereocenters. The smallest absolute Gasteiger partial charge is 0.0452 e. The molecular weight excluding hydrogens is 333 g/mol. The van der Waals surface area contributed by atoms with Gasteiger partial charge in [-0.1, -0.05) is 52.0 Å². The first kappa shape index (κ1) is 14.6. The van der Waals surface area contributed by atoms with Crippen LogP contribution >= 0.6 is 39.1 Å². The highest BCUT2D eigenvalue weighted by Gasteiger charge is 2.20. The molecule has 100 valence electrons. The maximum atomic E-state index is 6.25.